The molecule has 2 aromatic carbocycles. The van der Waals surface area contributed by atoms with Gasteiger partial charge in [0.05, 0.1) is 19.1 Å². The van der Waals surface area contributed by atoms with E-state index in [0.29, 0.717) is 41.4 Å². The van der Waals surface area contributed by atoms with Gasteiger partial charge in [0.25, 0.3) is 0 Å². The van der Waals surface area contributed by atoms with Gasteiger partial charge in [-0.25, -0.2) is 18.4 Å². The zero-order chi connectivity index (χ0) is 18.9. The van der Waals surface area contributed by atoms with Crippen LogP contribution in [0.4, 0.5) is 10.5 Å². The molecule has 3 rings (SSSR count). The minimum Gasteiger partial charge on any atom is -0.497 e. The number of urea groups is 1. The highest BCUT2D eigenvalue weighted by molar-refractivity contribution is 7.89. The van der Waals surface area contributed by atoms with Crippen molar-refractivity contribution in [2.45, 2.75) is 4.90 Å². The molecule has 1 saturated heterocycles. The number of nitrogens with one attached hydrogen (secondary N) is 1. The van der Waals surface area contributed by atoms with Crippen LogP contribution in [0.5, 0.6) is 11.5 Å². The Hall–Kier alpha value is -2.78. The van der Waals surface area contributed by atoms with E-state index in [-0.39, 0.29) is 10.9 Å². The van der Waals surface area contributed by atoms with Crippen LogP contribution in [-0.2, 0) is 10.0 Å². The molecule has 1 fully saturated rings. The topological polar surface area (TPSA) is 111 Å². The molecule has 0 saturated carbocycles. The van der Waals surface area contributed by atoms with Crippen LogP contribution in [0.25, 0.3) is 11.1 Å². The number of primary sulfonamides is 1. The number of nitrogens with zero attached hydrogens (tertiary/aromatic N) is 1. The van der Waals surface area contributed by atoms with Gasteiger partial charge in [-0.1, -0.05) is 0 Å². The first kappa shape index (κ1) is 18.0. The minimum absolute atomic E-state index is 0.0452. The monoisotopic (exact) mass is 377 g/mol. The third-order valence-electron chi connectivity index (χ3n) is 4.10. The van der Waals surface area contributed by atoms with Gasteiger partial charge in [0, 0.05) is 30.4 Å². The number of carbonyl (C=O) groups is 1. The third kappa shape index (κ3) is 3.44. The molecule has 0 radical (unpaired) electrons. The predicted octanol–water partition coefficient (Wildman–Crippen LogP) is 1.55. The molecule has 0 atom stereocenters. The number of carbonyl (C=O) groups excluding carboxylic acids is 1. The van der Waals surface area contributed by atoms with Crippen molar-refractivity contribution < 1.29 is 22.7 Å². The fourth-order valence-electron chi connectivity index (χ4n) is 2.84. The summed E-state index contributed by atoms with van der Waals surface area (Å²) in [4.78, 5) is 13.4. The average Bonchev–Trinajstić information content (AvgIpc) is 3.05. The van der Waals surface area contributed by atoms with Gasteiger partial charge in [0.1, 0.15) is 11.5 Å². The van der Waals surface area contributed by atoms with Crippen molar-refractivity contribution in [1.29, 1.82) is 0 Å². The number of ether oxygens (including phenoxy) is 2. The van der Waals surface area contributed by atoms with E-state index >= 15 is 0 Å². The van der Waals surface area contributed by atoms with Crippen LogP contribution in [0, 0.1) is 0 Å². The van der Waals surface area contributed by atoms with E-state index in [9.17, 15) is 13.2 Å². The van der Waals surface area contributed by atoms with Gasteiger partial charge in [-0.2, -0.15) is 0 Å². The molecule has 8 nitrogen and oxygen atoms in total. The zero-order valence-electron chi connectivity index (χ0n) is 14.4. The molecule has 0 spiro atoms. The van der Waals surface area contributed by atoms with Crippen molar-refractivity contribution in [2.24, 2.45) is 5.14 Å². The van der Waals surface area contributed by atoms with Gasteiger partial charge in [-0.05, 0) is 35.9 Å². The van der Waals surface area contributed by atoms with Crippen molar-refractivity contribution in [3.05, 3.63) is 36.4 Å². The molecule has 26 heavy (non-hydrogen) atoms. The molecule has 2 amide bonds. The first-order chi connectivity index (χ1) is 12.3. The van der Waals surface area contributed by atoms with Crippen molar-refractivity contribution in [3.63, 3.8) is 0 Å². The Morgan fingerprint density at radius 1 is 1.08 bits per heavy atom. The van der Waals surface area contributed by atoms with Gasteiger partial charge < -0.3 is 14.8 Å². The van der Waals surface area contributed by atoms with E-state index in [1.165, 1.54) is 25.2 Å². The number of methoxy groups -OCH3 is 2. The van der Waals surface area contributed by atoms with Gasteiger partial charge in [-0.3, -0.25) is 4.90 Å². The number of hydrogen-bond acceptors (Lipinski definition) is 5. The summed E-state index contributed by atoms with van der Waals surface area (Å²) in [5, 5.41) is 8.10. The van der Waals surface area contributed by atoms with Gasteiger partial charge >= 0.3 is 6.03 Å². The number of anilines is 1. The number of benzene rings is 2. The van der Waals surface area contributed by atoms with Crippen LogP contribution in [0.1, 0.15) is 0 Å². The second-order valence-corrected chi connectivity index (χ2v) is 7.24. The quantitative estimate of drug-likeness (QED) is 0.821. The molecule has 0 aromatic heterocycles. The third-order valence-corrected chi connectivity index (χ3v) is 5.07. The van der Waals surface area contributed by atoms with E-state index < -0.39 is 10.0 Å². The summed E-state index contributed by atoms with van der Waals surface area (Å²) >= 11 is 0. The van der Waals surface area contributed by atoms with E-state index in [0.717, 1.165) is 0 Å². The number of rotatable bonds is 5. The molecule has 1 heterocycles. The first-order valence-electron chi connectivity index (χ1n) is 7.79. The smallest absolute Gasteiger partial charge is 0.321 e. The van der Waals surface area contributed by atoms with E-state index in [1.807, 2.05) is 0 Å². The van der Waals surface area contributed by atoms with E-state index in [2.05, 4.69) is 5.32 Å². The van der Waals surface area contributed by atoms with Gasteiger partial charge in [0.15, 0.2) is 0 Å². The Morgan fingerprint density at radius 3 is 2.23 bits per heavy atom. The highest BCUT2D eigenvalue weighted by atomic mass is 32.2. The van der Waals surface area contributed by atoms with Crippen LogP contribution < -0.4 is 24.8 Å². The number of nitrogens with two attached hydrogens (primary N) is 1. The van der Waals surface area contributed by atoms with Crippen molar-refractivity contribution in [3.8, 4) is 22.6 Å². The lowest BCUT2D eigenvalue weighted by molar-refractivity contribution is 0.252. The van der Waals surface area contributed by atoms with Crippen molar-refractivity contribution in [2.75, 3.05) is 32.2 Å². The second-order valence-electron chi connectivity index (χ2n) is 5.71. The maximum Gasteiger partial charge on any atom is 0.321 e. The summed E-state index contributed by atoms with van der Waals surface area (Å²) < 4.78 is 34.6. The Morgan fingerprint density at radius 2 is 1.73 bits per heavy atom. The molecule has 138 valence electrons. The molecule has 1 aliphatic rings. The lowest BCUT2D eigenvalue weighted by Gasteiger charge is -2.18. The standard InChI is InChI=1S/C17H19N3O5S/c1-24-13-7-11(8-14(10-13)25-2)15-9-12(20-6-5-19-17(20)21)3-4-16(15)26(18,22)23/h3-4,7-10H,5-6H2,1-2H3,(H,19,21)(H2,18,22,23). The second kappa shape index (κ2) is 6.85. The van der Waals surface area contributed by atoms with Gasteiger partial charge in [0.2, 0.25) is 10.0 Å². The molecule has 0 unspecified atom stereocenters. The lowest BCUT2D eigenvalue weighted by Crippen LogP contribution is -2.27. The Labute approximate surface area is 151 Å². The van der Waals surface area contributed by atoms with Crippen LogP contribution in [0.15, 0.2) is 41.3 Å². The summed E-state index contributed by atoms with van der Waals surface area (Å²) in [6, 6.07) is 9.39. The number of amides is 2. The predicted molar refractivity (Wildman–Crippen MR) is 97.1 cm³/mol. The molecular formula is C17H19N3O5S. The molecule has 1 aliphatic heterocycles. The number of hydrogen-bond donors (Lipinski definition) is 2. The maximum absolute atomic E-state index is 12.1. The summed E-state index contributed by atoms with van der Waals surface area (Å²) in [7, 11) is -0.967. The lowest BCUT2D eigenvalue weighted by atomic mass is 10.0. The Bertz CT molecular complexity index is 937. The van der Waals surface area contributed by atoms with Crippen LogP contribution in [0.2, 0.25) is 0 Å². The average molecular weight is 377 g/mol. The fraction of sp³-hybridized carbons (Fsp3) is 0.235. The van der Waals surface area contributed by atoms with Crippen LogP contribution >= 0.6 is 0 Å². The Balaban J connectivity index is 2.22. The van der Waals surface area contributed by atoms with Crippen LogP contribution in [0.3, 0.4) is 0 Å². The SMILES string of the molecule is COc1cc(OC)cc(-c2cc(N3CCNC3=O)ccc2S(N)(=O)=O)c1. The molecule has 2 aromatic rings. The first-order valence-corrected chi connectivity index (χ1v) is 9.34. The molecule has 9 heteroatoms. The molecule has 0 bridgehead atoms. The van der Waals surface area contributed by atoms with E-state index in [4.69, 9.17) is 14.6 Å². The fourth-order valence-corrected chi connectivity index (χ4v) is 3.58. The maximum atomic E-state index is 12.1. The number of sulfonamides is 1. The van der Waals surface area contributed by atoms with Crippen molar-refractivity contribution >= 4 is 21.7 Å². The summed E-state index contributed by atoms with van der Waals surface area (Å²) in [5.41, 5.74) is 1.48. The highest BCUT2D eigenvalue weighted by Crippen LogP contribution is 2.35. The molecule has 0 aliphatic carbocycles. The molecule has 3 N–H and O–H groups in total. The van der Waals surface area contributed by atoms with Crippen LogP contribution in [-0.4, -0.2) is 41.8 Å². The summed E-state index contributed by atoms with van der Waals surface area (Å²) in [6.07, 6.45) is 0. The summed E-state index contributed by atoms with van der Waals surface area (Å²) in [6.45, 7) is 1.02. The molecular weight excluding hydrogens is 358 g/mol. The largest absolute Gasteiger partial charge is 0.497 e. The zero-order valence-corrected chi connectivity index (χ0v) is 15.2. The minimum atomic E-state index is -3.98. The Kier molecular flexibility index (Phi) is 4.75. The summed E-state index contributed by atoms with van der Waals surface area (Å²) in [5.74, 6) is 1.01. The highest BCUT2D eigenvalue weighted by Gasteiger charge is 2.24. The van der Waals surface area contributed by atoms with Gasteiger partial charge in [-0.15, -0.1) is 0 Å². The normalized spacial score (nSPS) is 14.3. The van der Waals surface area contributed by atoms with Crippen molar-refractivity contribution in [1.82, 2.24) is 5.32 Å². The van der Waals surface area contributed by atoms with E-state index in [1.54, 1.807) is 30.3 Å².